The van der Waals surface area contributed by atoms with Gasteiger partial charge in [-0.25, -0.2) is 4.39 Å². The van der Waals surface area contributed by atoms with Gasteiger partial charge in [0.1, 0.15) is 11.6 Å². The molecule has 0 aliphatic carbocycles. The van der Waals surface area contributed by atoms with Gasteiger partial charge in [-0.15, -0.1) is 13.2 Å². The van der Waals surface area contributed by atoms with Crippen LogP contribution in [0.4, 0.5) is 23.2 Å². The van der Waals surface area contributed by atoms with Gasteiger partial charge in [-0.3, -0.25) is 0 Å². The summed E-state index contributed by atoms with van der Waals surface area (Å²) in [6, 6.07) is 10.1. The molecule has 0 bridgehead atoms. The Morgan fingerprint density at radius 2 is 1.86 bits per heavy atom. The molecular formula is C15H13F4NO. The topological polar surface area (TPSA) is 21.3 Å². The van der Waals surface area contributed by atoms with Crippen LogP contribution in [0.15, 0.2) is 42.5 Å². The maximum absolute atomic E-state index is 13.6. The fourth-order valence-corrected chi connectivity index (χ4v) is 1.84. The van der Waals surface area contributed by atoms with Gasteiger partial charge in [-0.05, 0) is 25.1 Å². The van der Waals surface area contributed by atoms with Crippen LogP contribution in [-0.2, 0) is 6.54 Å². The zero-order valence-electron chi connectivity index (χ0n) is 11.2. The molecule has 0 aromatic heterocycles. The van der Waals surface area contributed by atoms with E-state index in [1.807, 2.05) is 6.92 Å². The Morgan fingerprint density at radius 3 is 2.57 bits per heavy atom. The van der Waals surface area contributed by atoms with Crippen molar-refractivity contribution in [3.63, 3.8) is 0 Å². The summed E-state index contributed by atoms with van der Waals surface area (Å²) in [6.45, 7) is 2.00. The predicted octanol–water partition coefficient (Wildman–Crippen LogP) is 4.64. The monoisotopic (exact) mass is 299 g/mol. The average molecular weight is 299 g/mol. The second-order valence-electron chi connectivity index (χ2n) is 4.52. The van der Waals surface area contributed by atoms with Crippen molar-refractivity contribution in [1.82, 2.24) is 0 Å². The number of aryl methyl sites for hydroxylation is 1. The highest BCUT2D eigenvalue weighted by Gasteiger charge is 2.31. The summed E-state index contributed by atoms with van der Waals surface area (Å²) in [4.78, 5) is 0. The van der Waals surface area contributed by atoms with Gasteiger partial charge in [0.25, 0.3) is 0 Å². The molecule has 0 spiro atoms. The minimum absolute atomic E-state index is 0.170. The van der Waals surface area contributed by atoms with E-state index in [0.29, 0.717) is 11.3 Å². The lowest BCUT2D eigenvalue weighted by molar-refractivity contribution is -0.274. The van der Waals surface area contributed by atoms with Crippen molar-refractivity contribution in [2.24, 2.45) is 0 Å². The summed E-state index contributed by atoms with van der Waals surface area (Å²) >= 11 is 0. The lowest BCUT2D eigenvalue weighted by Gasteiger charge is -2.12. The number of rotatable bonds is 4. The third kappa shape index (κ3) is 4.66. The Labute approximate surface area is 119 Å². The lowest BCUT2D eigenvalue weighted by atomic mass is 10.1. The molecule has 2 aromatic carbocycles. The van der Waals surface area contributed by atoms with E-state index in [0.717, 1.165) is 5.56 Å². The Bertz CT molecular complexity index is 625. The van der Waals surface area contributed by atoms with Crippen LogP contribution in [0.1, 0.15) is 11.1 Å². The molecule has 2 aromatic rings. The Balaban J connectivity index is 2.06. The van der Waals surface area contributed by atoms with Crippen molar-refractivity contribution in [3.8, 4) is 5.75 Å². The molecule has 0 saturated heterocycles. The van der Waals surface area contributed by atoms with Crippen LogP contribution in [0.25, 0.3) is 0 Å². The Hall–Kier alpha value is -2.24. The maximum atomic E-state index is 13.6. The van der Waals surface area contributed by atoms with Gasteiger partial charge in [0.05, 0.1) is 0 Å². The SMILES string of the molecule is Cc1ccc(F)c(CNc2cccc(OC(F)(F)F)c2)c1. The van der Waals surface area contributed by atoms with Crippen molar-refractivity contribution >= 4 is 5.69 Å². The Kier molecular flexibility index (Phi) is 4.35. The van der Waals surface area contributed by atoms with Gasteiger partial charge in [0.15, 0.2) is 0 Å². The molecule has 0 aliphatic heterocycles. The van der Waals surface area contributed by atoms with Crippen LogP contribution in [0.2, 0.25) is 0 Å². The van der Waals surface area contributed by atoms with E-state index < -0.39 is 6.36 Å². The zero-order valence-corrected chi connectivity index (χ0v) is 11.2. The van der Waals surface area contributed by atoms with Gasteiger partial charge in [0.2, 0.25) is 0 Å². The number of hydrogen-bond donors (Lipinski definition) is 1. The first-order valence-electron chi connectivity index (χ1n) is 6.18. The highest BCUT2D eigenvalue weighted by atomic mass is 19.4. The van der Waals surface area contributed by atoms with Crippen molar-refractivity contribution < 1.29 is 22.3 Å². The third-order valence-electron chi connectivity index (χ3n) is 2.75. The molecule has 2 rings (SSSR count). The summed E-state index contributed by atoms with van der Waals surface area (Å²) < 4.78 is 53.8. The number of ether oxygens (including phenoxy) is 1. The van der Waals surface area contributed by atoms with Crippen molar-refractivity contribution in [1.29, 1.82) is 0 Å². The van der Waals surface area contributed by atoms with E-state index in [1.54, 1.807) is 18.2 Å². The molecule has 21 heavy (non-hydrogen) atoms. The molecule has 0 amide bonds. The molecule has 1 N–H and O–H groups in total. The normalized spacial score (nSPS) is 11.3. The average Bonchev–Trinajstić information content (AvgIpc) is 2.38. The summed E-state index contributed by atoms with van der Waals surface area (Å²) in [5.41, 5.74) is 1.76. The van der Waals surface area contributed by atoms with E-state index >= 15 is 0 Å². The molecule has 0 unspecified atom stereocenters. The zero-order chi connectivity index (χ0) is 15.5. The van der Waals surface area contributed by atoms with Crippen LogP contribution < -0.4 is 10.1 Å². The van der Waals surface area contributed by atoms with Crippen molar-refractivity contribution in [2.45, 2.75) is 19.8 Å². The van der Waals surface area contributed by atoms with Gasteiger partial charge in [0, 0.05) is 23.9 Å². The van der Waals surface area contributed by atoms with Crippen LogP contribution in [0.3, 0.4) is 0 Å². The van der Waals surface area contributed by atoms with Gasteiger partial charge >= 0.3 is 6.36 Å². The fourth-order valence-electron chi connectivity index (χ4n) is 1.84. The first-order valence-corrected chi connectivity index (χ1v) is 6.18. The molecule has 0 saturated carbocycles. The third-order valence-corrected chi connectivity index (χ3v) is 2.75. The smallest absolute Gasteiger partial charge is 0.406 e. The predicted molar refractivity (Wildman–Crippen MR) is 71.6 cm³/mol. The molecular weight excluding hydrogens is 286 g/mol. The first-order chi connectivity index (χ1) is 9.83. The number of alkyl halides is 3. The number of hydrogen-bond acceptors (Lipinski definition) is 2. The highest BCUT2D eigenvalue weighted by Crippen LogP contribution is 2.25. The van der Waals surface area contributed by atoms with Crippen molar-refractivity contribution in [2.75, 3.05) is 5.32 Å². The molecule has 112 valence electrons. The number of nitrogens with one attached hydrogen (secondary N) is 1. The van der Waals surface area contributed by atoms with E-state index in [1.165, 1.54) is 24.3 Å². The van der Waals surface area contributed by atoms with Crippen molar-refractivity contribution in [3.05, 3.63) is 59.4 Å². The van der Waals surface area contributed by atoms with E-state index in [-0.39, 0.29) is 18.1 Å². The van der Waals surface area contributed by atoms with Crippen LogP contribution in [-0.4, -0.2) is 6.36 Å². The van der Waals surface area contributed by atoms with Crippen LogP contribution in [0.5, 0.6) is 5.75 Å². The summed E-state index contributed by atoms with van der Waals surface area (Å²) in [6.07, 6.45) is -4.73. The first kappa shape index (κ1) is 15.2. The highest BCUT2D eigenvalue weighted by molar-refractivity contribution is 5.48. The molecule has 0 atom stereocenters. The van der Waals surface area contributed by atoms with E-state index in [2.05, 4.69) is 10.1 Å². The summed E-state index contributed by atoms with van der Waals surface area (Å²) in [5.74, 6) is -0.687. The second-order valence-corrected chi connectivity index (χ2v) is 4.52. The quantitative estimate of drug-likeness (QED) is 0.830. The van der Waals surface area contributed by atoms with E-state index in [4.69, 9.17) is 0 Å². The second kappa shape index (κ2) is 6.03. The molecule has 2 nitrogen and oxygen atoms in total. The standard InChI is InChI=1S/C15H13F4NO/c1-10-5-6-14(16)11(7-10)9-20-12-3-2-4-13(8-12)21-15(17,18)19/h2-8,20H,9H2,1H3. The molecule has 0 fully saturated rings. The molecule has 6 heteroatoms. The molecule has 0 aliphatic rings. The molecule has 0 heterocycles. The van der Waals surface area contributed by atoms with Gasteiger partial charge in [-0.2, -0.15) is 0 Å². The number of halogens is 4. The minimum atomic E-state index is -4.73. The van der Waals surface area contributed by atoms with Crippen LogP contribution >= 0.6 is 0 Å². The number of anilines is 1. The lowest BCUT2D eigenvalue weighted by Crippen LogP contribution is -2.17. The summed E-state index contributed by atoms with van der Waals surface area (Å²) in [5, 5.41) is 2.87. The van der Waals surface area contributed by atoms with E-state index in [9.17, 15) is 17.6 Å². The largest absolute Gasteiger partial charge is 0.573 e. The fraction of sp³-hybridized carbons (Fsp3) is 0.200. The maximum Gasteiger partial charge on any atom is 0.573 e. The summed E-state index contributed by atoms with van der Waals surface area (Å²) in [7, 11) is 0. The minimum Gasteiger partial charge on any atom is -0.406 e. The number of benzene rings is 2. The van der Waals surface area contributed by atoms with Crippen LogP contribution in [0, 0.1) is 12.7 Å². The van der Waals surface area contributed by atoms with Gasteiger partial charge < -0.3 is 10.1 Å². The molecule has 0 radical (unpaired) electrons. The Morgan fingerprint density at radius 1 is 1.10 bits per heavy atom. The van der Waals surface area contributed by atoms with Gasteiger partial charge in [-0.1, -0.05) is 23.8 Å².